The summed E-state index contributed by atoms with van der Waals surface area (Å²) in [5, 5.41) is 12.2. The van der Waals surface area contributed by atoms with Crippen molar-refractivity contribution < 1.29 is 0 Å². The van der Waals surface area contributed by atoms with Crippen molar-refractivity contribution in [3.8, 4) is 0 Å². The van der Waals surface area contributed by atoms with Gasteiger partial charge in [0.05, 0.1) is 7.05 Å². The highest BCUT2D eigenvalue weighted by atomic mass is 79.9. The molecule has 0 radical (unpaired) electrons. The van der Waals surface area contributed by atoms with Gasteiger partial charge in [-0.05, 0) is 28.7 Å². The van der Waals surface area contributed by atoms with Crippen molar-refractivity contribution in [2.45, 2.75) is 17.7 Å². The number of hydrogen-bond donors (Lipinski definition) is 0. The third-order valence-electron chi connectivity index (χ3n) is 3.24. The van der Waals surface area contributed by atoms with Gasteiger partial charge in [0, 0.05) is 11.2 Å². The molecule has 88 valence electrons. The lowest BCUT2D eigenvalue weighted by Crippen LogP contribution is -2.08. The van der Waals surface area contributed by atoms with E-state index in [4.69, 9.17) is 0 Å². The van der Waals surface area contributed by atoms with Crippen LogP contribution in [0.1, 0.15) is 21.8 Å². The Morgan fingerprint density at radius 3 is 2.94 bits per heavy atom. The monoisotopic (exact) mass is 292 g/mol. The molecule has 3 rings (SSSR count). The zero-order chi connectivity index (χ0) is 11.8. The Kier molecular flexibility index (Phi) is 2.70. The third kappa shape index (κ3) is 1.99. The van der Waals surface area contributed by atoms with E-state index in [1.54, 1.807) is 7.05 Å². The quantitative estimate of drug-likeness (QED) is 0.796. The Morgan fingerprint density at radius 1 is 1.41 bits per heavy atom. The second-order valence-electron chi connectivity index (χ2n) is 4.46. The number of aromatic nitrogens is 4. The van der Waals surface area contributed by atoms with Gasteiger partial charge in [-0.25, -0.2) is 0 Å². The summed E-state index contributed by atoms with van der Waals surface area (Å²) in [4.78, 5) is 1.92. The van der Waals surface area contributed by atoms with E-state index in [9.17, 15) is 0 Å². The van der Waals surface area contributed by atoms with Crippen LogP contribution >= 0.6 is 15.9 Å². The standard InChI is InChI=1S/C12H13BrN4/c1-17-15-11(14-16-17)7-9-6-8-4-2-3-5-10(8)12(9)13/h2-5,9,12H,6-7H2,1H3. The van der Waals surface area contributed by atoms with Crippen molar-refractivity contribution in [1.82, 2.24) is 20.2 Å². The van der Waals surface area contributed by atoms with Crippen LogP contribution in [0.3, 0.4) is 0 Å². The first-order chi connectivity index (χ1) is 8.24. The van der Waals surface area contributed by atoms with E-state index in [1.807, 2.05) is 0 Å². The second kappa shape index (κ2) is 4.22. The Hall–Kier alpha value is -1.23. The molecule has 2 aromatic rings. The van der Waals surface area contributed by atoms with Gasteiger partial charge in [0.2, 0.25) is 0 Å². The van der Waals surface area contributed by atoms with Gasteiger partial charge in [-0.2, -0.15) is 4.80 Å². The lowest BCUT2D eigenvalue weighted by molar-refractivity contribution is 0.535. The molecule has 4 nitrogen and oxygen atoms in total. The van der Waals surface area contributed by atoms with Crippen LogP contribution in [0.25, 0.3) is 0 Å². The molecular formula is C12H13BrN4. The molecule has 0 spiro atoms. The molecule has 1 aromatic carbocycles. The topological polar surface area (TPSA) is 43.6 Å². The fourth-order valence-corrected chi connectivity index (χ4v) is 3.26. The van der Waals surface area contributed by atoms with Crippen molar-refractivity contribution in [3.63, 3.8) is 0 Å². The highest BCUT2D eigenvalue weighted by Gasteiger charge is 2.31. The molecule has 1 aromatic heterocycles. The van der Waals surface area contributed by atoms with Gasteiger partial charge in [-0.1, -0.05) is 40.2 Å². The first-order valence-corrected chi connectivity index (χ1v) is 6.60. The van der Waals surface area contributed by atoms with Gasteiger partial charge >= 0.3 is 0 Å². The van der Waals surface area contributed by atoms with Gasteiger partial charge in [0.25, 0.3) is 0 Å². The number of alkyl halides is 1. The lowest BCUT2D eigenvalue weighted by Gasteiger charge is -2.11. The molecule has 2 atom stereocenters. The van der Waals surface area contributed by atoms with Crippen LogP contribution in [-0.4, -0.2) is 20.2 Å². The molecule has 1 heterocycles. The van der Waals surface area contributed by atoms with Crippen LogP contribution in [0.15, 0.2) is 24.3 Å². The smallest absolute Gasteiger partial charge is 0.167 e. The SMILES string of the molecule is Cn1nnc(CC2Cc3ccccc3C2Br)n1. The molecule has 0 aliphatic heterocycles. The van der Waals surface area contributed by atoms with Gasteiger partial charge < -0.3 is 0 Å². The van der Waals surface area contributed by atoms with Crippen LogP contribution in [0, 0.1) is 5.92 Å². The fraction of sp³-hybridized carbons (Fsp3) is 0.417. The van der Waals surface area contributed by atoms with E-state index in [1.165, 1.54) is 15.9 Å². The Morgan fingerprint density at radius 2 is 2.24 bits per heavy atom. The molecule has 0 amide bonds. The summed E-state index contributed by atoms with van der Waals surface area (Å²) in [6, 6.07) is 8.59. The highest BCUT2D eigenvalue weighted by molar-refractivity contribution is 9.09. The van der Waals surface area contributed by atoms with E-state index < -0.39 is 0 Å². The number of aryl methyl sites for hydroxylation is 1. The summed E-state index contributed by atoms with van der Waals surface area (Å²) >= 11 is 3.78. The number of rotatable bonds is 2. The molecule has 2 unspecified atom stereocenters. The number of tetrazole rings is 1. The summed E-state index contributed by atoms with van der Waals surface area (Å²) < 4.78 is 0. The molecule has 5 heteroatoms. The van der Waals surface area contributed by atoms with Crippen molar-refractivity contribution >= 4 is 15.9 Å². The molecule has 0 N–H and O–H groups in total. The van der Waals surface area contributed by atoms with E-state index in [-0.39, 0.29) is 0 Å². The van der Waals surface area contributed by atoms with E-state index >= 15 is 0 Å². The van der Waals surface area contributed by atoms with Crippen molar-refractivity contribution in [2.24, 2.45) is 13.0 Å². The minimum absolute atomic E-state index is 0.405. The molecular weight excluding hydrogens is 280 g/mol. The number of fused-ring (bicyclic) bond motifs is 1. The number of nitrogens with zero attached hydrogens (tertiary/aromatic N) is 4. The van der Waals surface area contributed by atoms with Crippen molar-refractivity contribution in [2.75, 3.05) is 0 Å². The zero-order valence-corrected chi connectivity index (χ0v) is 11.1. The van der Waals surface area contributed by atoms with Crippen LogP contribution in [0.2, 0.25) is 0 Å². The Balaban J connectivity index is 1.80. The average Bonchev–Trinajstić information content (AvgIpc) is 2.86. The van der Waals surface area contributed by atoms with Crippen molar-refractivity contribution in [1.29, 1.82) is 0 Å². The van der Waals surface area contributed by atoms with Crippen LogP contribution in [-0.2, 0) is 19.9 Å². The summed E-state index contributed by atoms with van der Waals surface area (Å²) in [6.07, 6.45) is 1.96. The molecule has 0 fully saturated rings. The normalized spacial score (nSPS) is 22.7. The predicted octanol–water partition coefficient (Wildman–Crippen LogP) is 2.06. The van der Waals surface area contributed by atoms with Crippen molar-refractivity contribution in [3.05, 3.63) is 41.2 Å². The Bertz CT molecular complexity index is 537. The third-order valence-corrected chi connectivity index (χ3v) is 4.48. The average molecular weight is 293 g/mol. The molecule has 0 saturated carbocycles. The largest absolute Gasteiger partial charge is 0.175 e. The van der Waals surface area contributed by atoms with Crippen LogP contribution < -0.4 is 0 Å². The molecule has 1 aliphatic rings. The van der Waals surface area contributed by atoms with E-state index in [0.29, 0.717) is 10.7 Å². The maximum Gasteiger partial charge on any atom is 0.175 e. The minimum atomic E-state index is 0.405. The maximum atomic E-state index is 4.25. The second-order valence-corrected chi connectivity index (χ2v) is 5.45. The summed E-state index contributed by atoms with van der Waals surface area (Å²) in [6.45, 7) is 0. The fourth-order valence-electron chi connectivity index (χ4n) is 2.44. The van der Waals surface area contributed by atoms with E-state index in [0.717, 1.165) is 18.7 Å². The van der Waals surface area contributed by atoms with E-state index in [2.05, 4.69) is 55.6 Å². The van der Waals surface area contributed by atoms with Gasteiger partial charge in [0.1, 0.15) is 0 Å². The number of hydrogen-bond acceptors (Lipinski definition) is 3. The first kappa shape index (κ1) is 10.9. The zero-order valence-electron chi connectivity index (χ0n) is 9.55. The van der Waals surface area contributed by atoms with Crippen LogP contribution in [0.5, 0.6) is 0 Å². The van der Waals surface area contributed by atoms with Crippen LogP contribution in [0.4, 0.5) is 0 Å². The van der Waals surface area contributed by atoms with Gasteiger partial charge in [0.15, 0.2) is 5.82 Å². The van der Waals surface area contributed by atoms with Gasteiger partial charge in [-0.3, -0.25) is 0 Å². The molecule has 17 heavy (non-hydrogen) atoms. The Labute approximate surface area is 108 Å². The number of benzene rings is 1. The minimum Gasteiger partial charge on any atom is -0.167 e. The van der Waals surface area contributed by atoms with Gasteiger partial charge in [-0.15, -0.1) is 10.2 Å². The highest BCUT2D eigenvalue weighted by Crippen LogP contribution is 2.43. The summed E-state index contributed by atoms with van der Waals surface area (Å²) in [5.41, 5.74) is 2.84. The summed E-state index contributed by atoms with van der Waals surface area (Å²) in [5.74, 6) is 1.35. The number of halogens is 1. The predicted molar refractivity (Wildman–Crippen MR) is 67.8 cm³/mol. The first-order valence-electron chi connectivity index (χ1n) is 5.69. The summed E-state index contributed by atoms with van der Waals surface area (Å²) in [7, 11) is 1.80. The maximum absolute atomic E-state index is 4.25. The lowest BCUT2D eigenvalue weighted by atomic mass is 10.0. The molecule has 0 bridgehead atoms. The molecule has 1 aliphatic carbocycles. The molecule has 0 saturated heterocycles.